The fraction of sp³-hybridized carbons (Fsp3) is 0.263. The molecule has 4 rings (SSSR count). The van der Waals surface area contributed by atoms with Crippen molar-refractivity contribution in [1.29, 1.82) is 0 Å². The van der Waals surface area contributed by atoms with Crippen LogP contribution >= 0.6 is 0 Å². The number of amides is 1. The van der Waals surface area contributed by atoms with Crippen molar-refractivity contribution in [2.24, 2.45) is 0 Å². The molecule has 25 heavy (non-hydrogen) atoms. The van der Waals surface area contributed by atoms with Crippen LogP contribution in [0, 0.1) is 6.92 Å². The standard InChI is InChI=1S/C19H18N4O2/c1-13-11-17(22-25-13)19(24)23-9-7-15-16(8-10-23)20-12-21-18(15)14-5-3-2-4-6-14/h2-6,11-12H,7-10H2,1H3. The Morgan fingerprint density at radius 2 is 1.92 bits per heavy atom. The second-order valence-corrected chi connectivity index (χ2v) is 6.13. The molecule has 0 radical (unpaired) electrons. The van der Waals surface area contributed by atoms with Crippen LogP contribution in [-0.2, 0) is 12.8 Å². The van der Waals surface area contributed by atoms with E-state index in [1.54, 1.807) is 19.3 Å². The lowest BCUT2D eigenvalue weighted by Crippen LogP contribution is -2.33. The van der Waals surface area contributed by atoms with E-state index in [2.05, 4.69) is 27.3 Å². The predicted molar refractivity (Wildman–Crippen MR) is 92.0 cm³/mol. The van der Waals surface area contributed by atoms with Crippen molar-refractivity contribution in [1.82, 2.24) is 20.0 Å². The van der Waals surface area contributed by atoms with E-state index in [0.29, 0.717) is 31.0 Å². The third-order valence-corrected chi connectivity index (χ3v) is 4.47. The number of hydrogen-bond donors (Lipinski definition) is 0. The SMILES string of the molecule is Cc1cc(C(=O)N2CCc3ncnc(-c4ccccc4)c3CC2)no1. The molecule has 0 atom stereocenters. The van der Waals surface area contributed by atoms with Gasteiger partial charge in [0.2, 0.25) is 0 Å². The van der Waals surface area contributed by atoms with Gasteiger partial charge in [-0.25, -0.2) is 9.97 Å². The zero-order valence-electron chi connectivity index (χ0n) is 14.0. The number of aryl methyl sites for hydroxylation is 1. The van der Waals surface area contributed by atoms with Gasteiger partial charge < -0.3 is 9.42 Å². The van der Waals surface area contributed by atoms with Gasteiger partial charge in [0.15, 0.2) is 5.69 Å². The Hall–Kier alpha value is -3.02. The molecule has 126 valence electrons. The highest BCUT2D eigenvalue weighted by atomic mass is 16.5. The van der Waals surface area contributed by atoms with Crippen molar-refractivity contribution in [2.45, 2.75) is 19.8 Å². The first-order valence-corrected chi connectivity index (χ1v) is 8.33. The number of fused-ring (bicyclic) bond motifs is 1. The molecule has 0 unspecified atom stereocenters. The zero-order valence-corrected chi connectivity index (χ0v) is 14.0. The van der Waals surface area contributed by atoms with E-state index in [0.717, 1.165) is 28.9 Å². The molecule has 0 aliphatic carbocycles. The summed E-state index contributed by atoms with van der Waals surface area (Å²) in [7, 11) is 0. The molecule has 0 saturated carbocycles. The lowest BCUT2D eigenvalue weighted by Gasteiger charge is -2.18. The van der Waals surface area contributed by atoms with Crippen LogP contribution in [0.2, 0.25) is 0 Å². The lowest BCUT2D eigenvalue weighted by molar-refractivity contribution is 0.0752. The van der Waals surface area contributed by atoms with E-state index in [4.69, 9.17) is 4.52 Å². The molecule has 0 bridgehead atoms. The van der Waals surface area contributed by atoms with E-state index in [1.165, 1.54) is 0 Å². The maximum atomic E-state index is 12.6. The van der Waals surface area contributed by atoms with Gasteiger partial charge in [0.05, 0.1) is 5.69 Å². The Bertz CT molecular complexity index is 905. The summed E-state index contributed by atoms with van der Waals surface area (Å²) >= 11 is 0. The second kappa shape index (κ2) is 6.47. The zero-order chi connectivity index (χ0) is 17.2. The normalized spacial score (nSPS) is 14.0. The Morgan fingerprint density at radius 1 is 1.12 bits per heavy atom. The molecule has 0 N–H and O–H groups in total. The quantitative estimate of drug-likeness (QED) is 0.720. The van der Waals surface area contributed by atoms with Crippen molar-refractivity contribution in [2.75, 3.05) is 13.1 Å². The summed E-state index contributed by atoms with van der Waals surface area (Å²) in [5.74, 6) is 0.539. The summed E-state index contributed by atoms with van der Waals surface area (Å²) in [5, 5.41) is 3.84. The summed E-state index contributed by atoms with van der Waals surface area (Å²) in [6.07, 6.45) is 3.04. The van der Waals surface area contributed by atoms with Gasteiger partial charge in [-0.15, -0.1) is 0 Å². The van der Waals surface area contributed by atoms with Crippen LogP contribution in [0.1, 0.15) is 27.5 Å². The van der Waals surface area contributed by atoms with Crippen LogP contribution in [0.25, 0.3) is 11.3 Å². The van der Waals surface area contributed by atoms with Crippen LogP contribution in [-0.4, -0.2) is 39.0 Å². The Morgan fingerprint density at radius 3 is 2.68 bits per heavy atom. The van der Waals surface area contributed by atoms with Gasteiger partial charge >= 0.3 is 0 Å². The molecule has 1 aliphatic rings. The van der Waals surface area contributed by atoms with Gasteiger partial charge in [0.1, 0.15) is 12.1 Å². The molecule has 0 saturated heterocycles. The van der Waals surface area contributed by atoms with Crippen molar-refractivity contribution in [3.63, 3.8) is 0 Å². The lowest BCUT2D eigenvalue weighted by atomic mass is 10.0. The molecule has 3 aromatic rings. The van der Waals surface area contributed by atoms with Gasteiger partial charge in [0, 0.05) is 42.4 Å². The van der Waals surface area contributed by atoms with Crippen LogP contribution in [0.15, 0.2) is 47.2 Å². The van der Waals surface area contributed by atoms with Gasteiger partial charge in [-0.3, -0.25) is 4.79 Å². The van der Waals surface area contributed by atoms with E-state index in [1.807, 2.05) is 23.1 Å². The fourth-order valence-corrected chi connectivity index (χ4v) is 3.20. The number of carbonyl (C=O) groups is 1. The maximum Gasteiger partial charge on any atom is 0.276 e. The van der Waals surface area contributed by atoms with Gasteiger partial charge in [-0.2, -0.15) is 0 Å². The van der Waals surface area contributed by atoms with E-state index >= 15 is 0 Å². The highest BCUT2D eigenvalue weighted by Gasteiger charge is 2.24. The molecule has 1 aromatic carbocycles. The minimum Gasteiger partial charge on any atom is -0.361 e. The number of aromatic nitrogens is 3. The van der Waals surface area contributed by atoms with Crippen molar-refractivity contribution < 1.29 is 9.32 Å². The molecule has 6 nitrogen and oxygen atoms in total. The Labute approximate surface area is 145 Å². The first-order valence-electron chi connectivity index (χ1n) is 8.33. The topological polar surface area (TPSA) is 72.1 Å². The van der Waals surface area contributed by atoms with Gasteiger partial charge in [-0.05, 0) is 13.3 Å². The molecule has 1 aliphatic heterocycles. The molecule has 2 aromatic heterocycles. The first kappa shape index (κ1) is 15.5. The fourth-order valence-electron chi connectivity index (χ4n) is 3.20. The summed E-state index contributed by atoms with van der Waals surface area (Å²) in [6.45, 7) is 3.01. The summed E-state index contributed by atoms with van der Waals surface area (Å²) in [6, 6.07) is 11.8. The maximum absolute atomic E-state index is 12.6. The largest absolute Gasteiger partial charge is 0.361 e. The molecular formula is C19H18N4O2. The number of hydrogen-bond acceptors (Lipinski definition) is 5. The molecule has 0 fully saturated rings. The van der Waals surface area contributed by atoms with Crippen LogP contribution < -0.4 is 0 Å². The smallest absolute Gasteiger partial charge is 0.276 e. The summed E-state index contributed by atoms with van der Waals surface area (Å²) in [5.41, 5.74) is 4.53. The minimum absolute atomic E-state index is 0.0983. The van der Waals surface area contributed by atoms with Crippen LogP contribution in [0.4, 0.5) is 0 Å². The molecule has 6 heteroatoms. The number of rotatable bonds is 2. The summed E-state index contributed by atoms with van der Waals surface area (Å²) in [4.78, 5) is 23.4. The number of nitrogens with zero attached hydrogens (tertiary/aromatic N) is 4. The molecule has 1 amide bonds. The van der Waals surface area contributed by atoms with Gasteiger partial charge in [0.25, 0.3) is 5.91 Å². The Balaban J connectivity index is 1.61. The van der Waals surface area contributed by atoms with Crippen LogP contribution in [0.5, 0.6) is 0 Å². The average molecular weight is 334 g/mol. The van der Waals surface area contributed by atoms with Gasteiger partial charge in [-0.1, -0.05) is 35.5 Å². The minimum atomic E-state index is -0.0983. The molecule has 3 heterocycles. The third-order valence-electron chi connectivity index (χ3n) is 4.47. The predicted octanol–water partition coefficient (Wildman–Crippen LogP) is 2.68. The monoisotopic (exact) mass is 334 g/mol. The molecule has 0 spiro atoms. The van der Waals surface area contributed by atoms with Crippen molar-refractivity contribution in [3.8, 4) is 11.3 Å². The van der Waals surface area contributed by atoms with E-state index in [9.17, 15) is 4.79 Å². The number of carbonyl (C=O) groups excluding carboxylic acids is 1. The Kier molecular flexibility index (Phi) is 4.01. The highest BCUT2D eigenvalue weighted by molar-refractivity contribution is 5.92. The van der Waals surface area contributed by atoms with Crippen molar-refractivity contribution in [3.05, 3.63) is 65.4 Å². The van der Waals surface area contributed by atoms with E-state index in [-0.39, 0.29) is 5.91 Å². The van der Waals surface area contributed by atoms with E-state index < -0.39 is 0 Å². The average Bonchev–Trinajstić information content (AvgIpc) is 2.96. The van der Waals surface area contributed by atoms with Crippen LogP contribution in [0.3, 0.4) is 0 Å². The first-order chi connectivity index (χ1) is 12.2. The third kappa shape index (κ3) is 3.03. The number of benzene rings is 1. The second-order valence-electron chi connectivity index (χ2n) is 6.13. The molecular weight excluding hydrogens is 316 g/mol. The van der Waals surface area contributed by atoms with Crippen molar-refractivity contribution >= 4 is 5.91 Å². The summed E-state index contributed by atoms with van der Waals surface area (Å²) < 4.78 is 5.03. The highest BCUT2D eigenvalue weighted by Crippen LogP contribution is 2.25.